The highest BCUT2D eigenvalue weighted by molar-refractivity contribution is 4.66. The zero-order valence-corrected chi connectivity index (χ0v) is 8.35. The molecule has 0 saturated heterocycles. The van der Waals surface area contributed by atoms with Crippen LogP contribution >= 0.6 is 0 Å². The van der Waals surface area contributed by atoms with Gasteiger partial charge >= 0.3 is 0 Å². The van der Waals surface area contributed by atoms with Crippen LogP contribution in [-0.4, -0.2) is 38.1 Å². The SMILES string of the molecule is CCC(CCNC)N(C)CC. The van der Waals surface area contributed by atoms with E-state index in [2.05, 4.69) is 31.1 Å². The monoisotopic (exact) mass is 158 g/mol. The molecule has 0 heterocycles. The van der Waals surface area contributed by atoms with E-state index in [0.717, 1.165) is 19.1 Å². The Hall–Kier alpha value is -0.0800. The molecule has 11 heavy (non-hydrogen) atoms. The van der Waals surface area contributed by atoms with Crippen molar-refractivity contribution < 1.29 is 0 Å². The van der Waals surface area contributed by atoms with Gasteiger partial charge in [0.15, 0.2) is 0 Å². The van der Waals surface area contributed by atoms with Gasteiger partial charge in [-0.1, -0.05) is 13.8 Å². The van der Waals surface area contributed by atoms with E-state index in [4.69, 9.17) is 0 Å². The normalized spacial score (nSPS) is 13.9. The van der Waals surface area contributed by atoms with Crippen LogP contribution < -0.4 is 5.32 Å². The summed E-state index contributed by atoms with van der Waals surface area (Å²) < 4.78 is 0. The Labute approximate surface area is 71.0 Å². The second kappa shape index (κ2) is 6.62. The van der Waals surface area contributed by atoms with Gasteiger partial charge in [-0.05, 0) is 40.0 Å². The standard InChI is InChI=1S/C9H22N2/c1-5-9(7-8-10-3)11(4)6-2/h9-10H,5-8H2,1-4H3. The molecule has 1 unspecified atom stereocenters. The maximum atomic E-state index is 3.18. The summed E-state index contributed by atoms with van der Waals surface area (Å²) in [7, 11) is 4.21. The average Bonchev–Trinajstić information content (AvgIpc) is 2.05. The van der Waals surface area contributed by atoms with Crippen molar-refractivity contribution in [3.8, 4) is 0 Å². The molecule has 0 aromatic heterocycles. The minimum absolute atomic E-state index is 0.757. The predicted molar refractivity (Wildman–Crippen MR) is 50.9 cm³/mol. The van der Waals surface area contributed by atoms with E-state index in [-0.39, 0.29) is 0 Å². The fourth-order valence-corrected chi connectivity index (χ4v) is 1.31. The van der Waals surface area contributed by atoms with Crippen molar-refractivity contribution in [3.05, 3.63) is 0 Å². The van der Waals surface area contributed by atoms with Gasteiger partial charge in [0, 0.05) is 6.04 Å². The Kier molecular flexibility index (Phi) is 6.57. The third kappa shape index (κ3) is 4.38. The smallest absolute Gasteiger partial charge is 0.0101 e. The van der Waals surface area contributed by atoms with Gasteiger partial charge in [-0.25, -0.2) is 0 Å². The summed E-state index contributed by atoms with van der Waals surface area (Å²) in [5.41, 5.74) is 0. The lowest BCUT2D eigenvalue weighted by Crippen LogP contribution is -2.33. The highest BCUT2D eigenvalue weighted by Crippen LogP contribution is 2.04. The van der Waals surface area contributed by atoms with Crippen molar-refractivity contribution in [2.24, 2.45) is 0 Å². The molecule has 0 bridgehead atoms. The van der Waals surface area contributed by atoms with Crippen LogP contribution in [0.5, 0.6) is 0 Å². The molecule has 2 nitrogen and oxygen atoms in total. The molecular weight excluding hydrogens is 136 g/mol. The summed E-state index contributed by atoms with van der Waals surface area (Å²) in [5.74, 6) is 0. The van der Waals surface area contributed by atoms with Crippen LogP contribution in [0.2, 0.25) is 0 Å². The third-order valence-electron chi connectivity index (χ3n) is 2.32. The first-order valence-electron chi connectivity index (χ1n) is 4.61. The number of nitrogens with zero attached hydrogens (tertiary/aromatic N) is 1. The van der Waals surface area contributed by atoms with Crippen molar-refractivity contribution in [3.63, 3.8) is 0 Å². The Bertz CT molecular complexity index is 83.6. The number of nitrogens with one attached hydrogen (secondary N) is 1. The van der Waals surface area contributed by atoms with Crippen LogP contribution in [0.25, 0.3) is 0 Å². The zero-order chi connectivity index (χ0) is 8.69. The Balaban J connectivity index is 3.56. The van der Waals surface area contributed by atoms with Crippen molar-refractivity contribution in [2.45, 2.75) is 32.7 Å². The van der Waals surface area contributed by atoms with Gasteiger partial charge < -0.3 is 10.2 Å². The van der Waals surface area contributed by atoms with E-state index in [1.165, 1.54) is 12.8 Å². The predicted octanol–water partition coefficient (Wildman–Crippen LogP) is 1.33. The molecule has 1 atom stereocenters. The van der Waals surface area contributed by atoms with E-state index < -0.39 is 0 Å². The zero-order valence-electron chi connectivity index (χ0n) is 8.35. The summed E-state index contributed by atoms with van der Waals surface area (Å²) in [6, 6.07) is 0.757. The number of hydrogen-bond acceptors (Lipinski definition) is 2. The van der Waals surface area contributed by atoms with Crippen LogP contribution in [0, 0.1) is 0 Å². The first-order chi connectivity index (χ1) is 5.26. The molecular formula is C9H22N2. The summed E-state index contributed by atoms with van der Waals surface area (Å²) in [4.78, 5) is 2.41. The second-order valence-corrected chi connectivity index (χ2v) is 3.03. The van der Waals surface area contributed by atoms with Gasteiger partial charge in [0.25, 0.3) is 0 Å². The highest BCUT2D eigenvalue weighted by atomic mass is 15.1. The fraction of sp³-hybridized carbons (Fsp3) is 1.00. The molecule has 0 radical (unpaired) electrons. The van der Waals surface area contributed by atoms with Gasteiger partial charge in [0.2, 0.25) is 0 Å². The van der Waals surface area contributed by atoms with E-state index in [9.17, 15) is 0 Å². The summed E-state index contributed by atoms with van der Waals surface area (Å²) in [5, 5.41) is 3.18. The Morgan fingerprint density at radius 2 is 2.00 bits per heavy atom. The quantitative estimate of drug-likeness (QED) is 0.627. The molecule has 68 valence electrons. The molecule has 0 aliphatic rings. The van der Waals surface area contributed by atoms with Gasteiger partial charge in [0.1, 0.15) is 0 Å². The molecule has 0 spiro atoms. The van der Waals surface area contributed by atoms with Gasteiger partial charge in [0.05, 0.1) is 0 Å². The number of rotatable bonds is 6. The lowest BCUT2D eigenvalue weighted by atomic mass is 10.1. The minimum atomic E-state index is 0.757. The molecule has 2 heteroatoms. The van der Waals surface area contributed by atoms with Crippen molar-refractivity contribution in [2.75, 3.05) is 27.2 Å². The van der Waals surface area contributed by atoms with Crippen LogP contribution in [0.4, 0.5) is 0 Å². The summed E-state index contributed by atoms with van der Waals surface area (Å²) in [6.07, 6.45) is 2.52. The first kappa shape index (κ1) is 10.9. The topological polar surface area (TPSA) is 15.3 Å². The van der Waals surface area contributed by atoms with E-state index in [0.29, 0.717) is 0 Å². The lowest BCUT2D eigenvalue weighted by Gasteiger charge is -2.25. The van der Waals surface area contributed by atoms with Crippen LogP contribution in [-0.2, 0) is 0 Å². The molecule has 0 aromatic rings. The van der Waals surface area contributed by atoms with E-state index in [1.807, 2.05) is 7.05 Å². The second-order valence-electron chi connectivity index (χ2n) is 3.03. The van der Waals surface area contributed by atoms with Crippen molar-refractivity contribution >= 4 is 0 Å². The van der Waals surface area contributed by atoms with Gasteiger partial charge in [-0.15, -0.1) is 0 Å². The number of hydrogen-bond donors (Lipinski definition) is 1. The first-order valence-corrected chi connectivity index (χ1v) is 4.61. The van der Waals surface area contributed by atoms with E-state index >= 15 is 0 Å². The van der Waals surface area contributed by atoms with Crippen LogP contribution in [0.1, 0.15) is 26.7 Å². The molecule has 0 fully saturated rings. The molecule has 0 aliphatic carbocycles. The van der Waals surface area contributed by atoms with Gasteiger partial charge in [-0.2, -0.15) is 0 Å². The van der Waals surface area contributed by atoms with Crippen LogP contribution in [0.15, 0.2) is 0 Å². The van der Waals surface area contributed by atoms with Crippen molar-refractivity contribution in [1.82, 2.24) is 10.2 Å². The molecule has 1 N–H and O–H groups in total. The third-order valence-corrected chi connectivity index (χ3v) is 2.32. The molecule has 0 aliphatic heterocycles. The Morgan fingerprint density at radius 3 is 2.36 bits per heavy atom. The molecule has 0 amide bonds. The molecule has 0 aromatic carbocycles. The maximum absolute atomic E-state index is 3.18. The average molecular weight is 158 g/mol. The maximum Gasteiger partial charge on any atom is 0.0101 e. The minimum Gasteiger partial charge on any atom is -0.320 e. The fourth-order valence-electron chi connectivity index (χ4n) is 1.31. The lowest BCUT2D eigenvalue weighted by molar-refractivity contribution is 0.235. The van der Waals surface area contributed by atoms with Crippen molar-refractivity contribution in [1.29, 1.82) is 0 Å². The largest absolute Gasteiger partial charge is 0.320 e. The van der Waals surface area contributed by atoms with Gasteiger partial charge in [-0.3, -0.25) is 0 Å². The Morgan fingerprint density at radius 1 is 1.36 bits per heavy atom. The molecule has 0 rings (SSSR count). The molecule has 0 saturated carbocycles. The van der Waals surface area contributed by atoms with E-state index in [1.54, 1.807) is 0 Å². The summed E-state index contributed by atoms with van der Waals surface area (Å²) >= 11 is 0. The van der Waals surface area contributed by atoms with Crippen LogP contribution in [0.3, 0.4) is 0 Å². The summed E-state index contributed by atoms with van der Waals surface area (Å²) in [6.45, 7) is 6.75. The highest BCUT2D eigenvalue weighted by Gasteiger charge is 2.08.